The van der Waals surface area contributed by atoms with Gasteiger partial charge in [-0.3, -0.25) is 4.79 Å². The smallest absolute Gasteiger partial charge is 0.179 e. The Morgan fingerprint density at radius 3 is 2.82 bits per heavy atom. The molecule has 0 saturated heterocycles. The van der Waals surface area contributed by atoms with E-state index >= 15 is 0 Å². The molecule has 0 saturated carbocycles. The normalized spacial score (nSPS) is 10.3. The molecule has 0 spiro atoms. The second kappa shape index (κ2) is 4.59. The summed E-state index contributed by atoms with van der Waals surface area (Å²) in [7, 11) is 1.56. The van der Waals surface area contributed by atoms with Crippen LogP contribution in [0.5, 0.6) is 5.75 Å². The molecule has 17 heavy (non-hydrogen) atoms. The maximum Gasteiger partial charge on any atom is 0.179 e. The van der Waals surface area contributed by atoms with Gasteiger partial charge in [0.1, 0.15) is 5.75 Å². The molecule has 0 amide bonds. The molecule has 0 aliphatic carbocycles. The largest absolute Gasteiger partial charge is 0.497 e. The number of benzene rings is 1. The number of nitrogens with zero attached hydrogens (tertiary/aromatic N) is 1. The molecule has 0 bridgehead atoms. The summed E-state index contributed by atoms with van der Waals surface area (Å²) < 4.78 is 10.1. The van der Waals surface area contributed by atoms with Gasteiger partial charge in [-0.15, -0.1) is 0 Å². The molecule has 0 aliphatic heterocycles. The molecule has 0 unspecified atom stereocenters. The lowest BCUT2D eigenvalue weighted by Crippen LogP contribution is -1.92. The first-order valence-corrected chi connectivity index (χ1v) is 5.31. The Morgan fingerprint density at radius 1 is 1.47 bits per heavy atom. The Labute approximate surface area is 103 Å². The van der Waals surface area contributed by atoms with Crippen LogP contribution in [-0.2, 0) is 0 Å². The van der Waals surface area contributed by atoms with Crippen molar-refractivity contribution in [3.8, 4) is 17.1 Å². The molecule has 1 aromatic heterocycles. The topological polar surface area (TPSA) is 52.3 Å². The van der Waals surface area contributed by atoms with Gasteiger partial charge in [0.25, 0.3) is 0 Å². The van der Waals surface area contributed by atoms with E-state index < -0.39 is 0 Å². The number of aromatic nitrogens is 1. The molecule has 0 N–H and O–H groups in total. The standard InChI is InChI=1S/C12H10ClNO3/c1-7(15)10-6-14-17-12(10)9-4-3-8(16-2)5-11(9)13/h3-6H,1-2H3. The van der Waals surface area contributed by atoms with Gasteiger partial charge in [0.15, 0.2) is 11.5 Å². The zero-order chi connectivity index (χ0) is 12.4. The fourth-order valence-corrected chi connectivity index (χ4v) is 1.75. The molecular formula is C12H10ClNO3. The molecule has 88 valence electrons. The predicted molar refractivity (Wildman–Crippen MR) is 63.5 cm³/mol. The van der Waals surface area contributed by atoms with Crippen molar-refractivity contribution in [2.75, 3.05) is 7.11 Å². The van der Waals surface area contributed by atoms with E-state index in [4.69, 9.17) is 20.9 Å². The Balaban J connectivity index is 2.53. The predicted octanol–water partition coefficient (Wildman–Crippen LogP) is 3.21. The maximum absolute atomic E-state index is 11.4. The third-order valence-electron chi connectivity index (χ3n) is 2.37. The quantitative estimate of drug-likeness (QED) is 0.786. The minimum Gasteiger partial charge on any atom is -0.497 e. The van der Waals surface area contributed by atoms with Crippen molar-refractivity contribution in [1.82, 2.24) is 5.16 Å². The first-order valence-electron chi connectivity index (χ1n) is 4.93. The zero-order valence-electron chi connectivity index (χ0n) is 9.36. The van der Waals surface area contributed by atoms with Crippen molar-refractivity contribution in [3.63, 3.8) is 0 Å². The minimum atomic E-state index is -0.117. The maximum atomic E-state index is 11.4. The van der Waals surface area contributed by atoms with Crippen molar-refractivity contribution in [3.05, 3.63) is 35.0 Å². The average Bonchev–Trinajstić information content (AvgIpc) is 2.77. The molecule has 2 aromatic rings. The van der Waals surface area contributed by atoms with E-state index in [1.807, 2.05) is 0 Å². The van der Waals surface area contributed by atoms with E-state index in [1.165, 1.54) is 13.1 Å². The molecule has 4 nitrogen and oxygen atoms in total. The van der Waals surface area contributed by atoms with Crippen molar-refractivity contribution < 1.29 is 14.1 Å². The number of methoxy groups -OCH3 is 1. The van der Waals surface area contributed by atoms with E-state index in [1.54, 1.807) is 25.3 Å². The monoisotopic (exact) mass is 251 g/mol. The van der Waals surface area contributed by atoms with Crippen LogP contribution in [0.3, 0.4) is 0 Å². The van der Waals surface area contributed by atoms with E-state index in [0.29, 0.717) is 27.7 Å². The number of carbonyl (C=O) groups is 1. The van der Waals surface area contributed by atoms with Crippen LogP contribution in [0.1, 0.15) is 17.3 Å². The summed E-state index contributed by atoms with van der Waals surface area (Å²) in [5.41, 5.74) is 1.03. The van der Waals surface area contributed by atoms with Crippen molar-refractivity contribution >= 4 is 17.4 Å². The lowest BCUT2D eigenvalue weighted by Gasteiger charge is -2.04. The van der Waals surface area contributed by atoms with Gasteiger partial charge in [-0.2, -0.15) is 0 Å². The van der Waals surface area contributed by atoms with Crippen LogP contribution in [0.25, 0.3) is 11.3 Å². The molecule has 0 radical (unpaired) electrons. The number of ketones is 1. The molecular weight excluding hydrogens is 242 g/mol. The second-order valence-corrected chi connectivity index (χ2v) is 3.88. The summed E-state index contributed by atoms with van der Waals surface area (Å²) in [4.78, 5) is 11.4. The van der Waals surface area contributed by atoms with Gasteiger partial charge in [0.2, 0.25) is 0 Å². The van der Waals surface area contributed by atoms with Gasteiger partial charge < -0.3 is 9.26 Å². The van der Waals surface area contributed by atoms with Crippen molar-refractivity contribution in [2.45, 2.75) is 6.92 Å². The fourth-order valence-electron chi connectivity index (χ4n) is 1.49. The number of ether oxygens (including phenoxy) is 1. The van der Waals surface area contributed by atoms with Gasteiger partial charge in [-0.05, 0) is 25.1 Å². The summed E-state index contributed by atoms with van der Waals surface area (Å²) in [6.07, 6.45) is 1.39. The summed E-state index contributed by atoms with van der Waals surface area (Å²) in [5.74, 6) is 0.904. The second-order valence-electron chi connectivity index (χ2n) is 3.47. The molecule has 0 fully saturated rings. The van der Waals surface area contributed by atoms with Gasteiger partial charge >= 0.3 is 0 Å². The van der Waals surface area contributed by atoms with Crippen LogP contribution in [0.2, 0.25) is 5.02 Å². The van der Waals surface area contributed by atoms with Crippen LogP contribution in [0.4, 0.5) is 0 Å². The fraction of sp³-hybridized carbons (Fsp3) is 0.167. The molecule has 5 heteroatoms. The summed E-state index contributed by atoms with van der Waals surface area (Å²) in [5, 5.41) is 4.07. The summed E-state index contributed by atoms with van der Waals surface area (Å²) in [6.45, 7) is 1.45. The first kappa shape index (κ1) is 11.7. The van der Waals surface area contributed by atoms with Crippen LogP contribution < -0.4 is 4.74 Å². The van der Waals surface area contributed by atoms with Crippen LogP contribution in [0, 0.1) is 0 Å². The Kier molecular flexibility index (Phi) is 3.15. The first-order chi connectivity index (χ1) is 8.13. The van der Waals surface area contributed by atoms with Crippen LogP contribution in [-0.4, -0.2) is 18.0 Å². The highest BCUT2D eigenvalue weighted by Crippen LogP contribution is 2.33. The Hall–Kier alpha value is -1.81. The third-order valence-corrected chi connectivity index (χ3v) is 2.68. The van der Waals surface area contributed by atoms with E-state index in [0.717, 1.165) is 0 Å². The van der Waals surface area contributed by atoms with Crippen LogP contribution in [0.15, 0.2) is 28.9 Å². The minimum absolute atomic E-state index is 0.117. The number of hydrogen-bond donors (Lipinski definition) is 0. The summed E-state index contributed by atoms with van der Waals surface area (Å²) >= 11 is 6.10. The highest BCUT2D eigenvalue weighted by molar-refractivity contribution is 6.33. The van der Waals surface area contributed by atoms with Crippen molar-refractivity contribution in [2.24, 2.45) is 0 Å². The lowest BCUT2D eigenvalue weighted by molar-refractivity contribution is 0.101. The SMILES string of the molecule is COc1ccc(-c2oncc2C(C)=O)c(Cl)c1. The molecule has 0 atom stereocenters. The van der Waals surface area contributed by atoms with E-state index in [9.17, 15) is 4.79 Å². The van der Waals surface area contributed by atoms with E-state index in [-0.39, 0.29) is 5.78 Å². The lowest BCUT2D eigenvalue weighted by atomic mass is 10.1. The Morgan fingerprint density at radius 2 is 2.24 bits per heavy atom. The number of Topliss-reactive ketones (excluding diaryl/α,β-unsaturated/α-hetero) is 1. The molecule has 0 aliphatic rings. The number of hydrogen-bond acceptors (Lipinski definition) is 4. The van der Waals surface area contributed by atoms with Gasteiger partial charge in [0, 0.05) is 5.56 Å². The van der Waals surface area contributed by atoms with Gasteiger partial charge in [-0.25, -0.2) is 0 Å². The van der Waals surface area contributed by atoms with Gasteiger partial charge in [0.05, 0.1) is 23.9 Å². The molecule has 2 rings (SSSR count). The highest BCUT2D eigenvalue weighted by atomic mass is 35.5. The average molecular weight is 252 g/mol. The molecule has 1 heterocycles. The van der Waals surface area contributed by atoms with Gasteiger partial charge in [-0.1, -0.05) is 16.8 Å². The summed E-state index contributed by atoms with van der Waals surface area (Å²) in [6, 6.07) is 5.13. The zero-order valence-corrected chi connectivity index (χ0v) is 10.1. The number of halogens is 1. The number of rotatable bonds is 3. The number of carbonyl (C=O) groups excluding carboxylic acids is 1. The highest BCUT2D eigenvalue weighted by Gasteiger charge is 2.17. The molecule has 1 aromatic carbocycles. The van der Waals surface area contributed by atoms with E-state index in [2.05, 4.69) is 5.16 Å². The third kappa shape index (κ3) is 2.17. The van der Waals surface area contributed by atoms with Crippen molar-refractivity contribution in [1.29, 1.82) is 0 Å². The Bertz CT molecular complexity index is 563. The van der Waals surface area contributed by atoms with Crippen LogP contribution >= 0.6 is 11.6 Å².